The summed E-state index contributed by atoms with van der Waals surface area (Å²) in [5.41, 5.74) is 1.75. The van der Waals surface area contributed by atoms with Gasteiger partial charge in [-0.2, -0.15) is 0 Å². The maximum Gasteiger partial charge on any atom is 0.252 e. The Morgan fingerprint density at radius 1 is 1.45 bits per heavy atom. The average Bonchev–Trinajstić information content (AvgIpc) is 1.99. The highest BCUT2D eigenvalue weighted by Crippen LogP contribution is 2.19. The van der Waals surface area contributed by atoms with Crippen molar-refractivity contribution in [1.82, 2.24) is 4.98 Å². The first kappa shape index (κ1) is 8.40. The van der Waals surface area contributed by atoms with Crippen LogP contribution in [0.3, 0.4) is 0 Å². The van der Waals surface area contributed by atoms with Gasteiger partial charge in [0.2, 0.25) is 0 Å². The van der Waals surface area contributed by atoms with Crippen molar-refractivity contribution in [1.29, 1.82) is 0 Å². The Balaban J connectivity index is 3.41. The fraction of sp³-hybridized carbons (Fsp3) is 0.375. The molecule has 0 unspecified atom stereocenters. The van der Waals surface area contributed by atoms with Crippen molar-refractivity contribution < 1.29 is 0 Å². The van der Waals surface area contributed by atoms with Crippen LogP contribution in [0.4, 0.5) is 0 Å². The van der Waals surface area contributed by atoms with E-state index in [0.29, 0.717) is 0 Å². The molecule has 2 nitrogen and oxygen atoms in total. The fourth-order valence-corrected chi connectivity index (χ4v) is 1.75. The molecule has 1 N–H and O–H groups in total. The third-order valence-electron chi connectivity index (χ3n) is 1.59. The molecule has 0 aliphatic carbocycles. The lowest BCUT2D eigenvalue weighted by Crippen LogP contribution is -2.10. The second kappa shape index (κ2) is 3.13. The van der Waals surface area contributed by atoms with Crippen LogP contribution in [0.5, 0.6) is 0 Å². The Hall–Kier alpha value is -0.700. The van der Waals surface area contributed by atoms with Crippen molar-refractivity contribution in [2.45, 2.75) is 18.7 Å². The van der Waals surface area contributed by atoms with E-state index in [-0.39, 0.29) is 5.56 Å². The summed E-state index contributed by atoms with van der Waals surface area (Å²) in [6.07, 6.45) is 4.76. The van der Waals surface area contributed by atoms with Crippen LogP contribution in [0, 0.1) is 20.0 Å². The van der Waals surface area contributed by atoms with Crippen LogP contribution in [0.2, 0.25) is 0 Å². The third kappa shape index (κ3) is 1.48. The van der Waals surface area contributed by atoms with Crippen LogP contribution in [0.1, 0.15) is 11.1 Å². The van der Waals surface area contributed by atoms with Crippen LogP contribution < -0.4 is 5.56 Å². The first-order chi connectivity index (χ1) is 5.16. The summed E-state index contributed by atoms with van der Waals surface area (Å²) < 4.78 is 0. The number of hydrogen-bond donors (Lipinski definition) is 1. The molecule has 0 amide bonds. The predicted molar refractivity (Wildman–Crippen MR) is 47.2 cm³/mol. The second-order valence-electron chi connectivity index (χ2n) is 2.36. The smallest absolute Gasteiger partial charge is 0.252 e. The maximum absolute atomic E-state index is 11.1. The predicted octanol–water partition coefficient (Wildman–Crippen LogP) is 1.51. The fourth-order valence-electron chi connectivity index (χ4n) is 0.992. The summed E-state index contributed by atoms with van der Waals surface area (Å²) in [5, 5.41) is 0. The molecule has 3 heteroatoms. The number of thioether (sulfide) groups is 1. The Morgan fingerprint density at radius 3 is 2.55 bits per heavy atom. The number of rotatable bonds is 1. The minimum atomic E-state index is -0.0417. The highest BCUT2D eigenvalue weighted by Gasteiger charge is 2.03. The number of H-pyrrole nitrogens is 1. The standard InChI is InChI=1S/C8H10NOS/c1-5-4-9-8(10)6(2)7(5)11-3/h1-3H3,(H,9,10). The van der Waals surface area contributed by atoms with E-state index >= 15 is 0 Å². The second-order valence-corrected chi connectivity index (χ2v) is 3.18. The Kier molecular flexibility index (Phi) is 2.39. The van der Waals surface area contributed by atoms with E-state index in [4.69, 9.17) is 0 Å². The lowest BCUT2D eigenvalue weighted by atomic mass is 10.2. The van der Waals surface area contributed by atoms with Gasteiger partial charge in [-0.1, -0.05) is 0 Å². The first-order valence-corrected chi connectivity index (χ1v) is 4.54. The summed E-state index contributed by atoms with van der Waals surface area (Å²) in [7, 11) is 0. The molecule has 11 heavy (non-hydrogen) atoms. The van der Waals surface area contributed by atoms with Gasteiger partial charge < -0.3 is 4.98 Å². The average molecular weight is 168 g/mol. The first-order valence-electron chi connectivity index (χ1n) is 3.32. The van der Waals surface area contributed by atoms with E-state index < -0.39 is 0 Å². The summed E-state index contributed by atoms with van der Waals surface area (Å²) in [6, 6.07) is 0. The summed E-state index contributed by atoms with van der Waals surface area (Å²) in [5.74, 6) is 0. The minimum absolute atomic E-state index is 0.0417. The molecule has 0 atom stereocenters. The van der Waals surface area contributed by atoms with Crippen molar-refractivity contribution in [3.8, 4) is 0 Å². The quantitative estimate of drug-likeness (QED) is 0.645. The normalized spacial score (nSPS) is 10.1. The largest absolute Gasteiger partial charge is 0.320 e. The number of pyridine rings is 1. The molecule has 1 aromatic rings. The van der Waals surface area contributed by atoms with E-state index in [1.165, 1.54) is 0 Å². The molecule has 1 heterocycles. The number of aromatic amines is 1. The van der Waals surface area contributed by atoms with Gasteiger partial charge in [-0.15, -0.1) is 11.8 Å². The molecule has 1 rings (SSSR count). The molecule has 59 valence electrons. The lowest BCUT2D eigenvalue weighted by Gasteiger charge is -2.02. The molecular weight excluding hydrogens is 158 g/mol. The van der Waals surface area contributed by atoms with E-state index in [1.807, 2.05) is 20.1 Å². The summed E-state index contributed by atoms with van der Waals surface area (Å²) >= 11 is 1.58. The van der Waals surface area contributed by atoms with Crippen LogP contribution >= 0.6 is 11.8 Å². The Labute approximate surface area is 70.0 Å². The molecule has 0 aliphatic heterocycles. The van der Waals surface area contributed by atoms with Crippen molar-refractivity contribution in [2.24, 2.45) is 0 Å². The highest BCUT2D eigenvalue weighted by atomic mass is 32.2. The van der Waals surface area contributed by atoms with E-state index in [2.05, 4.69) is 11.2 Å². The number of aryl methyl sites for hydroxylation is 1. The molecule has 0 fully saturated rings. The van der Waals surface area contributed by atoms with Gasteiger partial charge in [-0.25, -0.2) is 0 Å². The van der Waals surface area contributed by atoms with Crippen LogP contribution in [-0.2, 0) is 0 Å². The molecule has 0 saturated carbocycles. The molecule has 0 aliphatic rings. The molecule has 0 spiro atoms. The molecule has 0 aromatic carbocycles. The lowest BCUT2D eigenvalue weighted by molar-refractivity contribution is 1.06. The zero-order valence-electron chi connectivity index (χ0n) is 6.82. The number of hydrogen-bond acceptors (Lipinski definition) is 2. The zero-order valence-corrected chi connectivity index (χ0v) is 7.63. The number of aromatic nitrogens is 1. The monoisotopic (exact) mass is 168 g/mol. The molecule has 0 bridgehead atoms. The SMILES string of the molecule is CSc1c(C)[c][nH]c(=O)c1C. The molecule has 1 aromatic heterocycles. The highest BCUT2D eigenvalue weighted by molar-refractivity contribution is 7.98. The van der Waals surface area contributed by atoms with E-state index in [9.17, 15) is 4.79 Å². The topological polar surface area (TPSA) is 32.9 Å². The van der Waals surface area contributed by atoms with Crippen LogP contribution in [0.15, 0.2) is 9.69 Å². The molecule has 0 saturated heterocycles. The summed E-state index contributed by atoms with van der Waals surface area (Å²) in [4.78, 5) is 14.6. The van der Waals surface area contributed by atoms with Crippen molar-refractivity contribution in [3.63, 3.8) is 0 Å². The van der Waals surface area contributed by atoms with Crippen molar-refractivity contribution in [2.75, 3.05) is 6.26 Å². The van der Waals surface area contributed by atoms with E-state index in [0.717, 1.165) is 16.0 Å². The molecule has 1 radical (unpaired) electrons. The van der Waals surface area contributed by atoms with Gasteiger partial charge in [0.1, 0.15) is 0 Å². The van der Waals surface area contributed by atoms with Gasteiger partial charge in [-0.05, 0) is 25.7 Å². The zero-order chi connectivity index (χ0) is 8.43. The van der Waals surface area contributed by atoms with Crippen LogP contribution in [0.25, 0.3) is 0 Å². The van der Waals surface area contributed by atoms with Crippen LogP contribution in [-0.4, -0.2) is 11.2 Å². The van der Waals surface area contributed by atoms with Gasteiger partial charge in [0.15, 0.2) is 0 Å². The number of nitrogens with one attached hydrogen (secondary N) is 1. The third-order valence-corrected chi connectivity index (χ3v) is 2.61. The van der Waals surface area contributed by atoms with Gasteiger partial charge in [-0.3, -0.25) is 4.79 Å². The summed E-state index contributed by atoms with van der Waals surface area (Å²) in [6.45, 7) is 3.76. The van der Waals surface area contributed by atoms with Gasteiger partial charge in [0.25, 0.3) is 5.56 Å². The van der Waals surface area contributed by atoms with Crippen molar-refractivity contribution >= 4 is 11.8 Å². The van der Waals surface area contributed by atoms with Crippen molar-refractivity contribution in [3.05, 3.63) is 27.7 Å². The van der Waals surface area contributed by atoms with E-state index in [1.54, 1.807) is 11.8 Å². The maximum atomic E-state index is 11.1. The Bertz CT molecular complexity index is 316. The Morgan fingerprint density at radius 2 is 2.09 bits per heavy atom. The van der Waals surface area contributed by atoms with Gasteiger partial charge in [0, 0.05) is 10.5 Å². The molecular formula is C8H10NOS. The van der Waals surface area contributed by atoms with Gasteiger partial charge in [0.05, 0.1) is 6.20 Å². The minimum Gasteiger partial charge on any atom is -0.320 e. The van der Waals surface area contributed by atoms with Gasteiger partial charge >= 0.3 is 0 Å².